The largest absolute Gasteiger partial charge is 0.479 e. The maximum Gasteiger partial charge on any atom is 0.338 e. The van der Waals surface area contributed by atoms with E-state index in [4.69, 9.17) is 10.5 Å². The summed E-state index contributed by atoms with van der Waals surface area (Å²) >= 11 is 0. The zero-order chi connectivity index (χ0) is 16.2. The number of carboxylic acids is 1. The summed E-state index contributed by atoms with van der Waals surface area (Å²) in [7, 11) is 0. The van der Waals surface area contributed by atoms with Gasteiger partial charge in [0.15, 0.2) is 5.60 Å². The number of aliphatic carboxylic acids is 1. The first-order chi connectivity index (χ1) is 10.9. The SMILES string of the molecule is NC1CCC(=C2CC[C@]34CO[C@@H](C3)[C@@](O)(C(=O)O)CC[C@@H]24)CC1. The number of carboxylic acid groups (broad SMARTS) is 1. The zero-order valence-electron chi connectivity index (χ0n) is 13.6. The molecule has 3 aliphatic carbocycles. The van der Waals surface area contributed by atoms with Gasteiger partial charge in [0, 0.05) is 11.5 Å². The van der Waals surface area contributed by atoms with Gasteiger partial charge in [-0.05, 0) is 63.7 Å². The number of fused-ring (bicyclic) bond motifs is 1. The number of allylic oxidation sites excluding steroid dienone is 2. The summed E-state index contributed by atoms with van der Waals surface area (Å²) in [6.07, 6.45) is 7.74. The van der Waals surface area contributed by atoms with Gasteiger partial charge in [0.2, 0.25) is 0 Å². The molecule has 5 nitrogen and oxygen atoms in total. The molecule has 0 unspecified atom stereocenters. The molecule has 4 aliphatic rings. The van der Waals surface area contributed by atoms with Crippen LogP contribution in [0.25, 0.3) is 0 Å². The number of aliphatic hydroxyl groups is 1. The van der Waals surface area contributed by atoms with Gasteiger partial charge in [-0.15, -0.1) is 0 Å². The molecule has 4 fully saturated rings. The normalized spacial score (nSPS) is 46.6. The molecule has 4 rings (SSSR count). The highest BCUT2D eigenvalue weighted by molar-refractivity contribution is 5.78. The summed E-state index contributed by atoms with van der Waals surface area (Å²) in [6, 6.07) is 0.333. The third-order valence-corrected chi connectivity index (χ3v) is 7.02. The lowest BCUT2D eigenvalue weighted by Gasteiger charge is -2.32. The molecule has 0 aromatic heterocycles. The van der Waals surface area contributed by atoms with E-state index < -0.39 is 17.7 Å². The van der Waals surface area contributed by atoms with Gasteiger partial charge in [0.05, 0.1) is 12.7 Å². The number of ether oxygens (including phenoxy) is 1. The Bertz CT molecular complexity index is 549. The third-order valence-electron chi connectivity index (χ3n) is 7.02. The van der Waals surface area contributed by atoms with Crippen LogP contribution in [0.5, 0.6) is 0 Å². The van der Waals surface area contributed by atoms with Crippen LogP contribution in [0.3, 0.4) is 0 Å². The molecule has 1 heterocycles. The van der Waals surface area contributed by atoms with Crippen molar-refractivity contribution in [3.63, 3.8) is 0 Å². The second-order valence-corrected chi connectivity index (χ2v) is 8.15. The van der Waals surface area contributed by atoms with Crippen LogP contribution in [0.1, 0.15) is 57.8 Å². The molecule has 2 bridgehead atoms. The van der Waals surface area contributed by atoms with E-state index in [-0.39, 0.29) is 5.41 Å². The quantitative estimate of drug-likeness (QED) is 0.642. The van der Waals surface area contributed by atoms with E-state index >= 15 is 0 Å². The van der Waals surface area contributed by atoms with Crippen molar-refractivity contribution in [2.45, 2.75) is 75.5 Å². The summed E-state index contributed by atoms with van der Waals surface area (Å²) in [5, 5.41) is 20.1. The standard InChI is InChI=1S/C18H27NO4/c19-12-3-1-11(2-4-12)13-5-7-17-9-15(23-10-17)18(22,16(20)21)8-6-14(13)17/h12,14-15,22H,1-10,19H2,(H,20,21)/t12?,14-,15-,17+,18+/m0/s1. The summed E-state index contributed by atoms with van der Waals surface area (Å²) in [5.41, 5.74) is 7.51. The number of hydrogen-bond donors (Lipinski definition) is 3. The first-order valence-electron chi connectivity index (χ1n) is 8.98. The molecule has 0 aromatic rings. The lowest BCUT2D eigenvalue weighted by molar-refractivity contribution is -0.174. The van der Waals surface area contributed by atoms with Crippen molar-refractivity contribution in [2.24, 2.45) is 17.1 Å². The Kier molecular flexibility index (Phi) is 3.59. The molecule has 0 radical (unpaired) electrons. The van der Waals surface area contributed by atoms with Gasteiger partial charge in [-0.25, -0.2) is 4.79 Å². The molecule has 1 aliphatic heterocycles. The highest BCUT2D eigenvalue weighted by Gasteiger charge is 2.60. The van der Waals surface area contributed by atoms with Gasteiger partial charge < -0.3 is 20.7 Å². The van der Waals surface area contributed by atoms with E-state index in [0.29, 0.717) is 31.4 Å². The minimum atomic E-state index is -1.71. The maximum atomic E-state index is 11.6. The van der Waals surface area contributed by atoms with Crippen LogP contribution in [0.2, 0.25) is 0 Å². The number of hydrogen-bond acceptors (Lipinski definition) is 4. The van der Waals surface area contributed by atoms with Crippen molar-refractivity contribution in [2.75, 3.05) is 6.61 Å². The smallest absolute Gasteiger partial charge is 0.338 e. The van der Waals surface area contributed by atoms with Crippen LogP contribution >= 0.6 is 0 Å². The van der Waals surface area contributed by atoms with Crippen molar-refractivity contribution >= 4 is 5.97 Å². The number of nitrogens with two attached hydrogens (primary N) is 1. The van der Waals surface area contributed by atoms with Gasteiger partial charge in [-0.2, -0.15) is 0 Å². The highest BCUT2D eigenvalue weighted by atomic mass is 16.5. The Morgan fingerprint density at radius 2 is 1.91 bits per heavy atom. The molecule has 0 amide bonds. The average molecular weight is 321 g/mol. The van der Waals surface area contributed by atoms with Gasteiger partial charge in [-0.1, -0.05) is 11.1 Å². The molecular weight excluding hydrogens is 294 g/mol. The second-order valence-electron chi connectivity index (χ2n) is 8.15. The molecule has 5 heteroatoms. The van der Waals surface area contributed by atoms with Crippen molar-refractivity contribution in [3.05, 3.63) is 11.1 Å². The average Bonchev–Trinajstić information content (AvgIpc) is 3.08. The topological polar surface area (TPSA) is 92.8 Å². The lowest BCUT2D eigenvalue weighted by Crippen LogP contribution is -2.49. The van der Waals surface area contributed by atoms with Crippen molar-refractivity contribution in [1.82, 2.24) is 0 Å². The summed E-state index contributed by atoms with van der Waals surface area (Å²) in [5.74, 6) is -0.734. The monoisotopic (exact) mass is 321 g/mol. The Morgan fingerprint density at radius 1 is 1.17 bits per heavy atom. The zero-order valence-corrected chi connectivity index (χ0v) is 13.6. The van der Waals surface area contributed by atoms with Gasteiger partial charge >= 0.3 is 5.97 Å². The molecule has 128 valence electrons. The van der Waals surface area contributed by atoms with Crippen molar-refractivity contribution < 1.29 is 19.7 Å². The molecule has 3 saturated carbocycles. The molecule has 0 aromatic carbocycles. The third kappa shape index (κ3) is 2.28. The molecule has 4 atom stereocenters. The highest BCUT2D eigenvalue weighted by Crippen LogP contribution is 2.60. The van der Waals surface area contributed by atoms with Crippen LogP contribution in [0, 0.1) is 11.3 Å². The first-order valence-corrected chi connectivity index (χ1v) is 8.98. The fraction of sp³-hybridized carbons (Fsp3) is 0.833. The van der Waals surface area contributed by atoms with Crippen LogP contribution in [-0.4, -0.2) is 40.5 Å². The molecule has 1 spiro atoms. The van der Waals surface area contributed by atoms with E-state index in [2.05, 4.69) is 0 Å². The van der Waals surface area contributed by atoms with Gasteiger partial charge in [-0.3, -0.25) is 0 Å². The minimum Gasteiger partial charge on any atom is -0.479 e. The maximum absolute atomic E-state index is 11.6. The van der Waals surface area contributed by atoms with Crippen LogP contribution in [0.4, 0.5) is 0 Å². The Balaban J connectivity index is 1.65. The Labute approximate surface area is 136 Å². The second kappa shape index (κ2) is 5.30. The lowest BCUT2D eigenvalue weighted by atomic mass is 9.73. The first kappa shape index (κ1) is 15.6. The van der Waals surface area contributed by atoms with Crippen molar-refractivity contribution in [1.29, 1.82) is 0 Å². The summed E-state index contributed by atoms with van der Waals surface area (Å²) in [6.45, 7) is 0.605. The fourth-order valence-electron chi connectivity index (χ4n) is 5.56. The van der Waals surface area contributed by atoms with E-state index in [9.17, 15) is 15.0 Å². The predicted octanol–water partition coefficient (Wildman–Crippen LogP) is 1.98. The number of rotatable bonds is 1. The van der Waals surface area contributed by atoms with Crippen molar-refractivity contribution in [3.8, 4) is 0 Å². The minimum absolute atomic E-state index is 0.0620. The van der Waals surface area contributed by atoms with Crippen LogP contribution in [0.15, 0.2) is 11.1 Å². The van der Waals surface area contributed by atoms with E-state index in [1.807, 2.05) is 0 Å². The molecule has 23 heavy (non-hydrogen) atoms. The Hall–Kier alpha value is -0.910. The van der Waals surface area contributed by atoms with Crippen LogP contribution in [-0.2, 0) is 9.53 Å². The Morgan fingerprint density at radius 3 is 2.61 bits per heavy atom. The molecule has 4 N–H and O–H groups in total. The summed E-state index contributed by atoms with van der Waals surface area (Å²) in [4.78, 5) is 11.6. The van der Waals surface area contributed by atoms with Gasteiger partial charge in [0.25, 0.3) is 0 Å². The van der Waals surface area contributed by atoms with Crippen LogP contribution < -0.4 is 5.73 Å². The summed E-state index contributed by atoms with van der Waals surface area (Å²) < 4.78 is 5.82. The number of carbonyl (C=O) groups is 1. The van der Waals surface area contributed by atoms with E-state index in [0.717, 1.165) is 44.9 Å². The predicted molar refractivity (Wildman–Crippen MR) is 84.8 cm³/mol. The molecular formula is C18H27NO4. The fourth-order valence-corrected chi connectivity index (χ4v) is 5.56. The van der Waals surface area contributed by atoms with Gasteiger partial charge in [0.1, 0.15) is 0 Å². The molecule has 1 saturated heterocycles. The van der Waals surface area contributed by atoms with E-state index in [1.54, 1.807) is 11.1 Å². The van der Waals surface area contributed by atoms with E-state index in [1.165, 1.54) is 0 Å².